The largest absolute Gasteiger partial charge is 0.434 e. The maximum absolute atomic E-state index is 13.3. The van der Waals surface area contributed by atoms with E-state index in [0.29, 0.717) is 27.8 Å². The van der Waals surface area contributed by atoms with Crippen LogP contribution in [0, 0.1) is 0 Å². The molecule has 4 rings (SSSR count). The van der Waals surface area contributed by atoms with Gasteiger partial charge < -0.3 is 5.32 Å². The molecule has 0 radical (unpaired) electrons. The number of aryl methyl sites for hydroxylation is 1. The van der Waals surface area contributed by atoms with Crippen molar-refractivity contribution >= 4 is 21.5 Å². The van der Waals surface area contributed by atoms with Crippen molar-refractivity contribution in [2.45, 2.75) is 22.5 Å². The van der Waals surface area contributed by atoms with Crippen LogP contribution in [0.2, 0.25) is 0 Å². The molecule has 1 aromatic carbocycles. The molecule has 9 nitrogen and oxygen atoms in total. The van der Waals surface area contributed by atoms with Gasteiger partial charge in [0.25, 0.3) is 5.91 Å². The minimum Gasteiger partial charge on any atom is -0.348 e. The van der Waals surface area contributed by atoms with Crippen molar-refractivity contribution in [1.29, 1.82) is 0 Å². The molecule has 0 spiro atoms. The van der Waals surface area contributed by atoms with Gasteiger partial charge in [-0.05, 0) is 17.7 Å². The molecule has 13 heteroatoms. The van der Waals surface area contributed by atoms with Gasteiger partial charge in [0.15, 0.2) is 5.69 Å². The summed E-state index contributed by atoms with van der Waals surface area (Å²) in [7, 11) is -3.42. The van der Waals surface area contributed by atoms with Gasteiger partial charge in [0.05, 0.1) is 16.7 Å². The van der Waals surface area contributed by atoms with E-state index >= 15 is 0 Å². The molecule has 166 valence electrons. The van der Waals surface area contributed by atoms with Gasteiger partial charge in [-0.25, -0.2) is 18.4 Å². The van der Waals surface area contributed by atoms with Crippen LogP contribution in [0.5, 0.6) is 0 Å². The zero-order chi connectivity index (χ0) is 23.1. The van der Waals surface area contributed by atoms with Gasteiger partial charge in [-0.15, -0.1) is 0 Å². The van der Waals surface area contributed by atoms with Crippen molar-refractivity contribution in [2.75, 3.05) is 0 Å². The van der Waals surface area contributed by atoms with Crippen molar-refractivity contribution in [2.24, 2.45) is 7.05 Å². The molecule has 0 atom stereocenters. The highest BCUT2D eigenvalue weighted by Gasteiger charge is 2.41. The fourth-order valence-corrected chi connectivity index (χ4v) is 4.51. The van der Waals surface area contributed by atoms with Gasteiger partial charge >= 0.3 is 6.18 Å². The summed E-state index contributed by atoms with van der Waals surface area (Å²) in [4.78, 5) is 19.1. The number of nitrogens with zero attached hydrogens (tertiary/aromatic N) is 5. The first-order valence-corrected chi connectivity index (χ1v) is 10.6. The Morgan fingerprint density at radius 1 is 1.12 bits per heavy atom. The van der Waals surface area contributed by atoms with Gasteiger partial charge in [0.2, 0.25) is 15.6 Å². The first-order chi connectivity index (χ1) is 15.1. The van der Waals surface area contributed by atoms with Crippen LogP contribution in [-0.2, 0) is 29.6 Å². The van der Waals surface area contributed by atoms with Gasteiger partial charge in [0.1, 0.15) is 4.90 Å². The number of rotatable bonds is 5. The highest BCUT2D eigenvalue weighted by atomic mass is 32.2. The average molecular weight is 464 g/mol. The maximum atomic E-state index is 13.3. The number of imidazole rings is 1. The summed E-state index contributed by atoms with van der Waals surface area (Å²) in [6.45, 7) is 0.0713. The lowest BCUT2D eigenvalue weighted by Gasteiger charge is -2.11. The molecule has 3 heterocycles. The molecule has 1 N–H and O–H groups in total. The van der Waals surface area contributed by atoms with Crippen molar-refractivity contribution in [3.8, 4) is 0 Å². The van der Waals surface area contributed by atoms with Gasteiger partial charge in [-0.1, -0.05) is 12.1 Å². The molecule has 3 aromatic heterocycles. The van der Waals surface area contributed by atoms with E-state index in [9.17, 15) is 26.4 Å². The minimum absolute atomic E-state index is 0.0713. The van der Waals surface area contributed by atoms with Crippen molar-refractivity contribution in [1.82, 2.24) is 29.5 Å². The molecule has 0 aliphatic carbocycles. The number of benzene rings is 1. The summed E-state index contributed by atoms with van der Waals surface area (Å²) < 4.78 is 67.3. The molecule has 4 aromatic rings. The number of fused-ring (bicyclic) bond motifs is 1. The van der Waals surface area contributed by atoms with Crippen LogP contribution in [-0.4, -0.2) is 38.5 Å². The first kappa shape index (κ1) is 21.5. The molecule has 0 bridgehead atoms. The summed E-state index contributed by atoms with van der Waals surface area (Å²) in [5.41, 5.74) is -0.500. The van der Waals surface area contributed by atoms with Gasteiger partial charge in [0, 0.05) is 38.4 Å². The molecule has 0 saturated carbocycles. The predicted octanol–water partition coefficient (Wildman–Crippen LogP) is 2.24. The number of alkyl halides is 3. The number of carbonyl (C=O) groups excluding carboxylic acids is 1. The number of hydrogen-bond acceptors (Lipinski definition) is 6. The van der Waals surface area contributed by atoms with Crippen molar-refractivity contribution in [3.63, 3.8) is 0 Å². The number of sulfone groups is 1. The molecule has 0 aliphatic heterocycles. The average Bonchev–Trinajstić information content (AvgIpc) is 3.38. The third-order valence-corrected chi connectivity index (χ3v) is 6.43. The third-order valence-electron chi connectivity index (χ3n) is 4.66. The van der Waals surface area contributed by atoms with E-state index in [1.54, 1.807) is 23.0 Å². The SMILES string of the molecule is Cn1ncc(S(=O)(=O)c2ccc(CNC(=O)c3cnc4nccn4c3)cc2)c1C(F)(F)F. The lowest BCUT2D eigenvalue weighted by Crippen LogP contribution is -2.23. The second kappa shape index (κ2) is 7.75. The zero-order valence-electron chi connectivity index (χ0n) is 16.4. The number of halogens is 3. The van der Waals surface area contributed by atoms with E-state index in [2.05, 4.69) is 20.4 Å². The quantitative estimate of drug-likeness (QED) is 0.485. The van der Waals surface area contributed by atoms with Crippen LogP contribution < -0.4 is 5.32 Å². The van der Waals surface area contributed by atoms with Crippen LogP contribution in [0.1, 0.15) is 21.6 Å². The highest BCUT2D eigenvalue weighted by molar-refractivity contribution is 7.91. The highest BCUT2D eigenvalue weighted by Crippen LogP contribution is 2.35. The monoisotopic (exact) mass is 464 g/mol. The lowest BCUT2D eigenvalue weighted by molar-refractivity contribution is -0.146. The molecule has 0 fully saturated rings. The number of amides is 1. The van der Waals surface area contributed by atoms with E-state index in [1.807, 2.05) is 0 Å². The number of nitrogens with one attached hydrogen (secondary N) is 1. The zero-order valence-corrected chi connectivity index (χ0v) is 17.2. The minimum atomic E-state index is -4.88. The molecule has 32 heavy (non-hydrogen) atoms. The van der Waals surface area contributed by atoms with Crippen LogP contribution in [0.15, 0.2) is 65.0 Å². The Bertz CT molecular complexity index is 1410. The number of hydrogen-bond donors (Lipinski definition) is 1. The molecular formula is C19H15F3N6O3S. The second-order valence-corrected chi connectivity index (χ2v) is 8.70. The van der Waals surface area contributed by atoms with Crippen LogP contribution in [0.4, 0.5) is 13.2 Å². The van der Waals surface area contributed by atoms with Crippen LogP contribution in [0.25, 0.3) is 5.78 Å². The molecule has 0 saturated heterocycles. The normalized spacial score (nSPS) is 12.2. The first-order valence-electron chi connectivity index (χ1n) is 9.07. The Balaban J connectivity index is 1.50. The fraction of sp³-hybridized carbons (Fsp3) is 0.158. The Morgan fingerprint density at radius 3 is 2.53 bits per heavy atom. The maximum Gasteiger partial charge on any atom is 0.434 e. The van der Waals surface area contributed by atoms with E-state index < -0.39 is 32.5 Å². The summed E-state index contributed by atoms with van der Waals surface area (Å²) >= 11 is 0. The Hall–Kier alpha value is -3.74. The Morgan fingerprint density at radius 2 is 1.84 bits per heavy atom. The van der Waals surface area contributed by atoms with E-state index in [-0.39, 0.29) is 11.4 Å². The summed E-state index contributed by atoms with van der Waals surface area (Å²) in [5.74, 6) is 0.0376. The van der Waals surface area contributed by atoms with Crippen molar-refractivity contribution in [3.05, 3.63) is 72.1 Å². The van der Waals surface area contributed by atoms with Gasteiger partial charge in [-0.2, -0.15) is 18.3 Å². The van der Waals surface area contributed by atoms with Gasteiger partial charge in [-0.3, -0.25) is 13.9 Å². The van der Waals surface area contributed by atoms with Crippen molar-refractivity contribution < 1.29 is 26.4 Å². The number of aromatic nitrogens is 5. The smallest absolute Gasteiger partial charge is 0.348 e. The standard InChI is InChI=1S/C19H15F3N6O3S/c1-27-16(19(20,21)22)15(10-26-27)32(30,31)14-4-2-12(3-5-14)8-24-17(29)13-9-25-18-23-6-7-28(18)11-13/h2-7,9-11H,8H2,1H3,(H,24,29). The number of carbonyl (C=O) groups is 1. The Kier molecular flexibility index (Phi) is 5.20. The molecule has 0 unspecified atom stereocenters. The Labute approximate surface area is 179 Å². The topological polar surface area (TPSA) is 111 Å². The predicted molar refractivity (Wildman–Crippen MR) is 104 cm³/mol. The molecular weight excluding hydrogens is 449 g/mol. The van der Waals surface area contributed by atoms with Crippen LogP contribution >= 0.6 is 0 Å². The fourth-order valence-electron chi connectivity index (χ4n) is 3.07. The third kappa shape index (κ3) is 3.93. The second-order valence-electron chi connectivity index (χ2n) is 6.79. The molecule has 1 amide bonds. The van der Waals surface area contributed by atoms with E-state index in [1.165, 1.54) is 30.5 Å². The lowest BCUT2D eigenvalue weighted by atomic mass is 10.2. The molecule has 0 aliphatic rings. The van der Waals surface area contributed by atoms with Crippen LogP contribution in [0.3, 0.4) is 0 Å². The summed E-state index contributed by atoms with van der Waals surface area (Å²) in [6, 6.07) is 5.19. The summed E-state index contributed by atoms with van der Waals surface area (Å²) in [5, 5.41) is 6.11. The summed E-state index contributed by atoms with van der Waals surface area (Å²) in [6.07, 6.45) is 1.92. The van der Waals surface area contributed by atoms with E-state index in [4.69, 9.17) is 0 Å². The van der Waals surface area contributed by atoms with E-state index in [0.717, 1.165) is 7.05 Å².